The molecule has 0 saturated carbocycles. The van der Waals surface area contributed by atoms with Crippen molar-refractivity contribution in [3.8, 4) is 0 Å². The summed E-state index contributed by atoms with van der Waals surface area (Å²) in [5.41, 5.74) is 0. The molecule has 0 saturated heterocycles. The predicted octanol–water partition coefficient (Wildman–Crippen LogP) is 0.352. The van der Waals surface area contributed by atoms with E-state index in [-0.39, 0.29) is 6.42 Å². The molecule has 0 amide bonds. The van der Waals surface area contributed by atoms with Gasteiger partial charge in [0.05, 0.1) is 32.3 Å². The van der Waals surface area contributed by atoms with Crippen molar-refractivity contribution in [3.63, 3.8) is 0 Å². The zero-order valence-corrected chi connectivity index (χ0v) is 13.7. The molecule has 1 aliphatic rings. The fourth-order valence-corrected chi connectivity index (χ4v) is 3.56. The van der Waals surface area contributed by atoms with Crippen molar-refractivity contribution in [2.75, 3.05) is 13.7 Å². The second kappa shape index (κ2) is 7.84. The van der Waals surface area contributed by atoms with Crippen molar-refractivity contribution in [1.82, 2.24) is 4.72 Å². The summed E-state index contributed by atoms with van der Waals surface area (Å²) in [6, 6.07) is 4.07. The van der Waals surface area contributed by atoms with E-state index in [1.165, 1.54) is 31.4 Å². The zero-order chi connectivity index (χ0) is 17.7. The van der Waals surface area contributed by atoms with Crippen LogP contribution in [0.2, 0.25) is 0 Å². The second-order valence-electron chi connectivity index (χ2n) is 5.14. The number of halogens is 1. The number of hydrogen-bond acceptors (Lipinski definition) is 6. The van der Waals surface area contributed by atoms with E-state index in [0.717, 1.165) is 12.1 Å². The molecular formula is C15H18FNO6S. The molecule has 0 bridgehead atoms. The first kappa shape index (κ1) is 18.5. The third kappa shape index (κ3) is 4.38. The second-order valence-corrected chi connectivity index (χ2v) is 6.82. The molecule has 132 valence electrons. The molecule has 7 nitrogen and oxygen atoms in total. The van der Waals surface area contributed by atoms with E-state index in [9.17, 15) is 22.7 Å². The Hall–Kier alpha value is -1.81. The molecule has 2 N–H and O–H groups in total. The molecule has 9 heteroatoms. The van der Waals surface area contributed by atoms with Gasteiger partial charge in [-0.3, -0.25) is 4.79 Å². The molecule has 2 rings (SSSR count). The number of aliphatic hydroxyl groups excluding tert-OH is 1. The summed E-state index contributed by atoms with van der Waals surface area (Å²) >= 11 is 0. The van der Waals surface area contributed by atoms with Gasteiger partial charge in [-0.2, -0.15) is 0 Å². The molecule has 0 aliphatic carbocycles. The minimum atomic E-state index is -4.14. The number of sulfonamides is 1. The number of benzene rings is 1. The van der Waals surface area contributed by atoms with Crippen molar-refractivity contribution < 1.29 is 32.2 Å². The van der Waals surface area contributed by atoms with Crippen LogP contribution in [0.3, 0.4) is 0 Å². The maximum absolute atomic E-state index is 13.7. The van der Waals surface area contributed by atoms with E-state index >= 15 is 0 Å². The smallest absolute Gasteiger partial charge is 0.308 e. The normalized spacial score (nSPS) is 23.9. The summed E-state index contributed by atoms with van der Waals surface area (Å²) in [6.45, 7) is -0.480. The van der Waals surface area contributed by atoms with Crippen molar-refractivity contribution in [2.24, 2.45) is 0 Å². The molecule has 1 heterocycles. The monoisotopic (exact) mass is 359 g/mol. The first-order chi connectivity index (χ1) is 11.4. The van der Waals surface area contributed by atoms with Gasteiger partial charge in [0.25, 0.3) is 0 Å². The van der Waals surface area contributed by atoms with Gasteiger partial charge < -0.3 is 14.6 Å². The highest BCUT2D eigenvalue weighted by Crippen LogP contribution is 2.19. The first-order valence-corrected chi connectivity index (χ1v) is 8.64. The molecule has 3 atom stereocenters. The third-order valence-electron chi connectivity index (χ3n) is 3.48. The fourth-order valence-electron chi connectivity index (χ4n) is 2.26. The number of rotatable bonds is 6. The molecule has 24 heavy (non-hydrogen) atoms. The third-order valence-corrected chi connectivity index (χ3v) is 4.97. The highest BCUT2D eigenvalue weighted by Gasteiger charge is 2.32. The number of hydrogen-bond donors (Lipinski definition) is 2. The molecule has 1 aromatic rings. The van der Waals surface area contributed by atoms with E-state index in [2.05, 4.69) is 9.46 Å². The quantitative estimate of drug-likeness (QED) is 0.561. The van der Waals surface area contributed by atoms with E-state index in [4.69, 9.17) is 4.74 Å². The van der Waals surface area contributed by atoms with Crippen LogP contribution < -0.4 is 4.72 Å². The lowest BCUT2D eigenvalue weighted by Gasteiger charge is -2.31. The highest BCUT2D eigenvalue weighted by molar-refractivity contribution is 7.89. The van der Waals surface area contributed by atoms with Crippen molar-refractivity contribution in [2.45, 2.75) is 29.6 Å². The lowest BCUT2D eigenvalue weighted by atomic mass is 10.1. The van der Waals surface area contributed by atoms with Crippen LogP contribution in [0, 0.1) is 5.82 Å². The van der Waals surface area contributed by atoms with Crippen LogP contribution in [-0.2, 0) is 24.3 Å². The van der Waals surface area contributed by atoms with E-state index in [1.54, 1.807) is 0 Å². The maximum Gasteiger partial charge on any atom is 0.308 e. The molecule has 0 fully saturated rings. The number of nitrogens with one attached hydrogen (secondary N) is 1. The summed E-state index contributed by atoms with van der Waals surface area (Å²) < 4.78 is 50.6. The van der Waals surface area contributed by atoms with Gasteiger partial charge in [-0.15, -0.1) is 0 Å². The fraction of sp³-hybridized carbons (Fsp3) is 0.400. The first-order valence-electron chi connectivity index (χ1n) is 7.15. The lowest BCUT2D eigenvalue weighted by Crippen LogP contribution is -2.48. The largest absolute Gasteiger partial charge is 0.469 e. The zero-order valence-electron chi connectivity index (χ0n) is 12.9. The standard InChI is InChI=1S/C15H18FNO6S/c1-22-15(19)8-10-6-7-12(13(9-18)23-10)17-24(20,21)14-5-3-2-4-11(14)16/h2-7,10,12-13,17-18H,8-9H2,1H3/t10-,12+,13-/m0/s1. The molecular weight excluding hydrogens is 341 g/mol. The van der Waals surface area contributed by atoms with Crippen LogP contribution in [0.1, 0.15) is 6.42 Å². The highest BCUT2D eigenvalue weighted by atomic mass is 32.2. The summed E-state index contributed by atoms with van der Waals surface area (Å²) in [5, 5.41) is 9.41. The van der Waals surface area contributed by atoms with E-state index in [0.29, 0.717) is 0 Å². The van der Waals surface area contributed by atoms with Crippen LogP contribution in [0.15, 0.2) is 41.3 Å². The van der Waals surface area contributed by atoms with Gasteiger partial charge in [-0.05, 0) is 12.1 Å². The number of aliphatic hydroxyl groups is 1. The summed E-state index contributed by atoms with van der Waals surface area (Å²) in [7, 11) is -2.90. The number of carbonyl (C=O) groups excluding carboxylic acids is 1. The minimum Gasteiger partial charge on any atom is -0.469 e. The van der Waals surface area contributed by atoms with Crippen LogP contribution in [0.5, 0.6) is 0 Å². The number of ether oxygens (including phenoxy) is 2. The number of carbonyl (C=O) groups is 1. The molecule has 0 radical (unpaired) electrons. The lowest BCUT2D eigenvalue weighted by molar-refractivity contribution is -0.144. The van der Waals surface area contributed by atoms with E-state index < -0.39 is 51.6 Å². The molecule has 1 aliphatic heterocycles. The molecule has 0 spiro atoms. The van der Waals surface area contributed by atoms with Crippen molar-refractivity contribution >= 4 is 16.0 Å². The Morgan fingerprint density at radius 1 is 1.38 bits per heavy atom. The SMILES string of the molecule is COC(=O)C[C@@H]1C=C[C@@H](NS(=O)(=O)c2ccccc2F)[C@H](CO)O1. The maximum atomic E-state index is 13.7. The molecule has 0 unspecified atom stereocenters. The number of methoxy groups -OCH3 is 1. The molecule has 0 aromatic heterocycles. The van der Waals surface area contributed by atoms with Crippen molar-refractivity contribution in [1.29, 1.82) is 0 Å². The Morgan fingerprint density at radius 3 is 2.71 bits per heavy atom. The van der Waals surface area contributed by atoms with Crippen LogP contribution in [0.4, 0.5) is 4.39 Å². The minimum absolute atomic E-state index is 0.0592. The predicted molar refractivity (Wildman–Crippen MR) is 82.0 cm³/mol. The Bertz CT molecular complexity index is 720. The average molecular weight is 359 g/mol. The average Bonchev–Trinajstić information content (AvgIpc) is 2.56. The van der Waals surface area contributed by atoms with Crippen LogP contribution in [0.25, 0.3) is 0 Å². The van der Waals surface area contributed by atoms with Gasteiger partial charge >= 0.3 is 5.97 Å². The Kier molecular flexibility index (Phi) is 6.05. The summed E-state index contributed by atoms with van der Waals surface area (Å²) in [5.74, 6) is -1.37. The Morgan fingerprint density at radius 2 is 2.08 bits per heavy atom. The van der Waals surface area contributed by atoms with E-state index in [1.807, 2.05) is 0 Å². The van der Waals surface area contributed by atoms with Gasteiger partial charge in [0.2, 0.25) is 10.0 Å². The summed E-state index contributed by atoms with van der Waals surface area (Å²) in [6.07, 6.45) is 1.36. The van der Waals surface area contributed by atoms with Crippen molar-refractivity contribution in [3.05, 3.63) is 42.2 Å². The van der Waals surface area contributed by atoms with Gasteiger partial charge in [-0.25, -0.2) is 17.5 Å². The topological polar surface area (TPSA) is 102 Å². The summed E-state index contributed by atoms with van der Waals surface area (Å²) in [4.78, 5) is 10.8. The molecule has 1 aromatic carbocycles. The van der Waals surface area contributed by atoms with Gasteiger partial charge in [0, 0.05) is 0 Å². The Labute approximate surface area is 139 Å². The van der Waals surface area contributed by atoms with Crippen LogP contribution in [-0.4, -0.2) is 51.5 Å². The number of esters is 1. The Balaban J connectivity index is 2.15. The van der Waals surface area contributed by atoms with Gasteiger partial charge in [0.1, 0.15) is 16.8 Å². The van der Waals surface area contributed by atoms with Gasteiger partial charge in [0.15, 0.2) is 0 Å². The van der Waals surface area contributed by atoms with Crippen LogP contribution >= 0.6 is 0 Å². The van der Waals surface area contributed by atoms with Gasteiger partial charge in [-0.1, -0.05) is 24.3 Å².